The van der Waals surface area contributed by atoms with E-state index in [1.54, 1.807) is 0 Å². The Morgan fingerprint density at radius 3 is 1.36 bits per heavy atom. The van der Waals surface area contributed by atoms with Crippen molar-refractivity contribution in [2.75, 3.05) is 0 Å². The zero-order chi connectivity index (χ0) is 39.4. The molecule has 0 aliphatic carbocycles. The van der Waals surface area contributed by atoms with Gasteiger partial charge in [0.25, 0.3) is 10.1 Å². The molecule has 4 aromatic carbocycles. The monoisotopic (exact) mass is 822 g/mol. The van der Waals surface area contributed by atoms with E-state index in [-0.39, 0.29) is 43.5 Å². The van der Waals surface area contributed by atoms with Crippen LogP contribution in [0.15, 0.2) is 94.7 Å². The zero-order valence-electron chi connectivity index (χ0n) is 32.1. The Labute approximate surface area is 357 Å². The quantitative estimate of drug-likeness (QED) is 0.0441. The molecule has 0 amide bonds. The summed E-state index contributed by atoms with van der Waals surface area (Å²) in [4.78, 5) is -1.29. The summed E-state index contributed by atoms with van der Waals surface area (Å²) in [5.74, 6) is 0.459. The van der Waals surface area contributed by atoms with Crippen LogP contribution in [0.3, 0.4) is 0 Å². The molecule has 10 nitrogen and oxygen atoms in total. The summed E-state index contributed by atoms with van der Waals surface area (Å²) in [6.07, 6.45) is 19.0. The summed E-state index contributed by atoms with van der Waals surface area (Å²) < 4.78 is 76.0. The van der Waals surface area contributed by atoms with E-state index >= 15 is 0 Å². The fourth-order valence-electron chi connectivity index (χ4n) is 5.96. The molecule has 55 heavy (non-hydrogen) atoms. The van der Waals surface area contributed by atoms with Crippen molar-refractivity contribution in [3.8, 4) is 34.5 Å². The van der Waals surface area contributed by atoms with Gasteiger partial charge in [-0.25, -0.2) is 8.42 Å². The molecule has 0 heterocycles. The first kappa shape index (κ1) is 48.3. The summed E-state index contributed by atoms with van der Waals surface area (Å²) in [5.41, 5.74) is 2.11. The molecule has 13 heteroatoms. The van der Waals surface area contributed by atoms with E-state index in [0.717, 1.165) is 55.0 Å². The average molecular weight is 823 g/mol. The minimum absolute atomic E-state index is 0. The van der Waals surface area contributed by atoms with Gasteiger partial charge < -0.3 is 24.2 Å². The van der Waals surface area contributed by atoms with Crippen molar-refractivity contribution in [2.45, 2.75) is 126 Å². The van der Waals surface area contributed by atoms with Gasteiger partial charge in [0.15, 0.2) is 0 Å². The number of unbranched alkanes of at least 4 members (excludes halogenated alkanes) is 12. The van der Waals surface area contributed by atoms with Gasteiger partial charge in [-0.15, -0.1) is 0 Å². The Balaban J connectivity index is 0.000000373. The smallest absolute Gasteiger partial charge is 0.872 e. The number of phenolic OH excluding ortho intramolecular Hbond substituents is 1. The molecule has 0 aliphatic heterocycles. The summed E-state index contributed by atoms with van der Waals surface area (Å²) in [7, 11) is -9.23. The molecule has 296 valence electrons. The number of para-hydroxylation sites is 2. The Morgan fingerprint density at radius 1 is 0.564 bits per heavy atom. The van der Waals surface area contributed by atoms with Crippen molar-refractivity contribution < 1.29 is 45.6 Å². The van der Waals surface area contributed by atoms with Crippen LogP contribution >= 0.6 is 0 Å². The van der Waals surface area contributed by atoms with E-state index in [9.17, 15) is 31.6 Å². The topological polar surface area (TPSA) is 173 Å². The van der Waals surface area contributed by atoms with Gasteiger partial charge in [-0.1, -0.05) is 133 Å². The maximum Gasteiger partial charge on any atom is 2.00 e. The van der Waals surface area contributed by atoms with Crippen molar-refractivity contribution in [3.05, 3.63) is 96.1 Å². The second-order valence-electron chi connectivity index (χ2n) is 13.3. The minimum Gasteiger partial charge on any atom is -0.872 e. The van der Waals surface area contributed by atoms with E-state index < -0.39 is 41.5 Å². The van der Waals surface area contributed by atoms with Gasteiger partial charge in [-0.3, -0.25) is 4.55 Å². The molecular weight excluding hydrogens is 769 g/mol. The molecule has 0 fully saturated rings. The third-order valence-electron chi connectivity index (χ3n) is 8.89. The van der Waals surface area contributed by atoms with E-state index in [2.05, 4.69) is 13.8 Å². The largest absolute Gasteiger partial charge is 2.00 e. The number of hydrogen-bond donors (Lipinski definition) is 2. The summed E-state index contributed by atoms with van der Waals surface area (Å²) in [6.45, 7) is 4.42. The number of phenols is 1. The SMILES string of the molecule is CCCCCCCCCc1ccccc1Oc1ccc(S(=O)(=O)O)c(O)c1.CCCCCCCCCc1ccccc1Oc1ccc(S(=O)(=O)[O-])c([O-])c1.[Ca+2]. The summed E-state index contributed by atoms with van der Waals surface area (Å²) >= 11 is 0. The normalized spacial score (nSPS) is 11.3. The van der Waals surface area contributed by atoms with Gasteiger partial charge in [0.2, 0.25) is 0 Å². The third kappa shape index (κ3) is 17.9. The van der Waals surface area contributed by atoms with Crippen LogP contribution in [0.25, 0.3) is 0 Å². The van der Waals surface area contributed by atoms with Gasteiger partial charge in [0, 0.05) is 11.0 Å². The van der Waals surface area contributed by atoms with E-state index in [0.29, 0.717) is 17.2 Å². The number of aromatic hydroxyl groups is 1. The summed E-state index contributed by atoms with van der Waals surface area (Å²) in [5, 5.41) is 21.6. The van der Waals surface area contributed by atoms with Crippen LogP contribution in [0.4, 0.5) is 0 Å². The number of benzene rings is 4. The van der Waals surface area contributed by atoms with Crippen molar-refractivity contribution in [2.24, 2.45) is 0 Å². The van der Waals surface area contributed by atoms with Gasteiger partial charge in [0.05, 0.1) is 0 Å². The van der Waals surface area contributed by atoms with Crippen LogP contribution in [0.1, 0.15) is 115 Å². The van der Waals surface area contributed by atoms with Crippen LogP contribution < -0.4 is 14.6 Å². The molecule has 4 rings (SSSR count). The molecule has 0 aliphatic rings. The molecule has 0 spiro atoms. The zero-order valence-corrected chi connectivity index (χ0v) is 35.9. The second kappa shape index (κ2) is 25.4. The number of rotatable bonds is 22. The van der Waals surface area contributed by atoms with Crippen LogP contribution in [0.2, 0.25) is 0 Å². The van der Waals surface area contributed by atoms with Crippen molar-refractivity contribution in [3.63, 3.8) is 0 Å². The maximum atomic E-state index is 11.8. The molecule has 0 bridgehead atoms. The molecule has 0 saturated carbocycles. The molecule has 0 aromatic heterocycles. The number of hydrogen-bond acceptors (Lipinski definition) is 9. The van der Waals surface area contributed by atoms with Crippen molar-refractivity contribution in [1.29, 1.82) is 0 Å². The second-order valence-corrected chi connectivity index (χ2v) is 16.1. The summed E-state index contributed by atoms with van der Waals surface area (Å²) in [6, 6.07) is 22.4. The Bertz CT molecular complexity index is 1810. The first-order valence-corrected chi connectivity index (χ1v) is 21.8. The van der Waals surface area contributed by atoms with Crippen LogP contribution in [-0.2, 0) is 33.1 Å². The average Bonchev–Trinajstić information content (AvgIpc) is 3.11. The number of aryl methyl sites for hydroxylation is 2. The van der Waals surface area contributed by atoms with Crippen LogP contribution in [0.5, 0.6) is 34.5 Å². The molecule has 0 radical (unpaired) electrons. The molecule has 0 unspecified atom stereocenters. The first-order valence-electron chi connectivity index (χ1n) is 18.9. The van der Waals surface area contributed by atoms with Crippen LogP contribution in [-0.4, -0.2) is 68.8 Å². The van der Waals surface area contributed by atoms with Crippen molar-refractivity contribution >= 4 is 58.0 Å². The molecule has 2 N–H and O–H groups in total. The fraction of sp³-hybridized carbons (Fsp3) is 0.429. The molecule has 4 aromatic rings. The van der Waals surface area contributed by atoms with Gasteiger partial charge in [-0.2, -0.15) is 8.42 Å². The first-order chi connectivity index (χ1) is 25.8. The predicted molar refractivity (Wildman–Crippen MR) is 214 cm³/mol. The molecule has 0 atom stereocenters. The van der Waals surface area contributed by atoms with Gasteiger partial charge >= 0.3 is 37.7 Å². The third-order valence-corrected chi connectivity index (χ3v) is 10.7. The van der Waals surface area contributed by atoms with E-state index in [1.165, 1.54) is 95.2 Å². The Kier molecular flexibility index (Phi) is 22.3. The Morgan fingerprint density at radius 2 is 0.964 bits per heavy atom. The van der Waals surface area contributed by atoms with E-state index in [4.69, 9.17) is 14.0 Å². The predicted octanol–water partition coefficient (Wildman–Crippen LogP) is 10.1. The number of ether oxygens (including phenoxy) is 2. The van der Waals surface area contributed by atoms with E-state index in [1.807, 2.05) is 48.5 Å². The molecule has 0 saturated heterocycles. The fourth-order valence-corrected chi connectivity index (χ4v) is 7.06. The van der Waals surface area contributed by atoms with Gasteiger partial charge in [0.1, 0.15) is 43.8 Å². The maximum absolute atomic E-state index is 11.8. The van der Waals surface area contributed by atoms with Crippen LogP contribution in [0, 0.1) is 0 Å². The van der Waals surface area contributed by atoms with Crippen molar-refractivity contribution in [1.82, 2.24) is 0 Å². The Hall–Kier alpha value is -2.84. The molecular formula is C42H54CaO10S2. The van der Waals surface area contributed by atoms with Gasteiger partial charge in [-0.05, 0) is 79.3 Å². The minimum atomic E-state index is -4.77. The standard InChI is InChI=1S/2C21H28O5S.Ca/c2*1-2-3-4-5-6-7-8-11-17-12-9-10-13-20(17)26-18-14-15-21(19(22)16-18)27(23,24)25;/h2*9-10,12-16,22H,2-8,11H2,1H3,(H,23,24,25);/q;;+2/p-2.